The van der Waals surface area contributed by atoms with E-state index in [4.69, 9.17) is 10.5 Å². The monoisotopic (exact) mass is 211 g/mol. The molecule has 1 atom stereocenters. The predicted molar refractivity (Wildman–Crippen MR) is 61.3 cm³/mol. The van der Waals surface area contributed by atoms with E-state index in [2.05, 4.69) is 16.7 Å². The zero-order valence-electron chi connectivity index (χ0n) is 9.14. The molecule has 0 aromatic rings. The van der Waals surface area contributed by atoms with E-state index < -0.39 is 6.04 Å². The second-order valence-electron chi connectivity index (χ2n) is 2.81. The van der Waals surface area contributed by atoms with Gasteiger partial charge in [0.25, 0.3) is 0 Å². The van der Waals surface area contributed by atoms with Crippen LogP contribution >= 0.6 is 0 Å². The molecule has 0 rings (SSSR count). The second kappa shape index (κ2) is 7.87. The summed E-state index contributed by atoms with van der Waals surface area (Å²) in [5.41, 5.74) is 6.43. The van der Waals surface area contributed by atoms with Crippen LogP contribution in [0.25, 0.3) is 0 Å². The highest BCUT2D eigenvalue weighted by atomic mass is 16.5. The minimum Gasteiger partial charge on any atom is -0.466 e. The third-order valence-electron chi connectivity index (χ3n) is 1.64. The molecule has 0 aromatic heterocycles. The van der Waals surface area contributed by atoms with Gasteiger partial charge in [0.05, 0.1) is 13.0 Å². The Morgan fingerprint density at radius 2 is 2.33 bits per heavy atom. The quantitative estimate of drug-likeness (QED) is 0.515. The van der Waals surface area contributed by atoms with Gasteiger partial charge in [-0.05, 0) is 13.6 Å². The second-order valence-corrected chi connectivity index (χ2v) is 2.81. The number of rotatable bonds is 6. The van der Waals surface area contributed by atoms with E-state index in [9.17, 15) is 4.79 Å². The number of hydrogen-bond donors (Lipinski definition) is 1. The maximum atomic E-state index is 11.1. The van der Waals surface area contributed by atoms with Gasteiger partial charge in [-0.25, -0.2) is 0 Å². The summed E-state index contributed by atoms with van der Waals surface area (Å²) in [6.45, 7) is 5.42. The summed E-state index contributed by atoms with van der Waals surface area (Å²) in [5.74, 6) is -0.329. The highest BCUT2D eigenvalue weighted by Gasteiger charge is 2.13. The maximum absolute atomic E-state index is 11.1. The summed E-state index contributed by atoms with van der Waals surface area (Å²) in [5, 5.41) is 0. The number of carbonyl (C=O) groups excluding carboxylic acids is 1. The van der Waals surface area contributed by atoms with Crippen LogP contribution in [0.5, 0.6) is 0 Å². The van der Waals surface area contributed by atoms with E-state index in [1.165, 1.54) is 6.20 Å². The van der Waals surface area contributed by atoms with Gasteiger partial charge in [-0.3, -0.25) is 14.8 Å². The zero-order chi connectivity index (χ0) is 11.7. The van der Waals surface area contributed by atoms with Gasteiger partial charge < -0.3 is 10.5 Å². The topological polar surface area (TPSA) is 77.0 Å². The number of esters is 1. The number of hydrogen-bond acceptors (Lipinski definition) is 5. The van der Waals surface area contributed by atoms with Crippen LogP contribution in [0.1, 0.15) is 13.3 Å². The van der Waals surface area contributed by atoms with Crippen molar-refractivity contribution in [3.63, 3.8) is 0 Å². The van der Waals surface area contributed by atoms with Crippen molar-refractivity contribution >= 4 is 18.9 Å². The minimum atomic E-state index is -0.460. The highest BCUT2D eigenvalue weighted by Crippen LogP contribution is 2.03. The lowest BCUT2D eigenvalue weighted by Gasteiger charge is -2.10. The Kier molecular flexibility index (Phi) is 7.09. The van der Waals surface area contributed by atoms with Gasteiger partial charge in [0.1, 0.15) is 0 Å². The van der Waals surface area contributed by atoms with Crippen molar-refractivity contribution in [2.75, 3.05) is 13.7 Å². The summed E-state index contributed by atoms with van der Waals surface area (Å²) < 4.78 is 4.78. The van der Waals surface area contributed by atoms with Crippen LogP contribution in [0, 0.1) is 0 Å². The maximum Gasteiger partial charge on any atom is 0.307 e. The SMILES string of the molecule is C=N/C=C(\C=N/C)[C@@H](N)CC(=O)OCC. The van der Waals surface area contributed by atoms with Gasteiger partial charge >= 0.3 is 5.97 Å². The number of aliphatic imine (C=N–C) groups is 2. The van der Waals surface area contributed by atoms with E-state index >= 15 is 0 Å². The summed E-state index contributed by atoms with van der Waals surface area (Å²) in [6.07, 6.45) is 3.15. The lowest BCUT2D eigenvalue weighted by atomic mass is 10.1. The fourth-order valence-electron chi connectivity index (χ4n) is 0.997. The molecule has 0 saturated carbocycles. The van der Waals surface area contributed by atoms with E-state index in [0.29, 0.717) is 12.2 Å². The van der Waals surface area contributed by atoms with Gasteiger partial charge in [0.2, 0.25) is 0 Å². The summed E-state index contributed by atoms with van der Waals surface area (Å²) >= 11 is 0. The van der Waals surface area contributed by atoms with Crippen LogP contribution in [0.4, 0.5) is 0 Å². The Labute approximate surface area is 89.7 Å². The zero-order valence-corrected chi connectivity index (χ0v) is 9.14. The van der Waals surface area contributed by atoms with E-state index in [1.54, 1.807) is 20.2 Å². The van der Waals surface area contributed by atoms with E-state index in [-0.39, 0.29) is 12.4 Å². The van der Waals surface area contributed by atoms with E-state index in [0.717, 1.165) is 0 Å². The van der Waals surface area contributed by atoms with Crippen LogP contribution in [-0.4, -0.2) is 38.6 Å². The Morgan fingerprint density at radius 1 is 1.67 bits per heavy atom. The molecule has 2 N–H and O–H groups in total. The van der Waals surface area contributed by atoms with Crippen LogP contribution in [0.15, 0.2) is 21.8 Å². The molecule has 0 radical (unpaired) electrons. The number of ether oxygens (including phenoxy) is 1. The fraction of sp³-hybridized carbons (Fsp3) is 0.500. The highest BCUT2D eigenvalue weighted by molar-refractivity contribution is 5.82. The molecule has 15 heavy (non-hydrogen) atoms. The lowest BCUT2D eigenvalue weighted by molar-refractivity contribution is -0.143. The first-order valence-electron chi connectivity index (χ1n) is 4.65. The van der Waals surface area contributed by atoms with Crippen LogP contribution < -0.4 is 5.73 Å². The Balaban J connectivity index is 4.38. The van der Waals surface area contributed by atoms with Gasteiger partial charge in [-0.2, -0.15) is 0 Å². The van der Waals surface area contributed by atoms with Crippen molar-refractivity contribution < 1.29 is 9.53 Å². The normalized spacial score (nSPS) is 13.9. The third kappa shape index (κ3) is 5.74. The van der Waals surface area contributed by atoms with Gasteiger partial charge in [-0.15, -0.1) is 0 Å². The molecule has 0 saturated heterocycles. The van der Waals surface area contributed by atoms with Crippen LogP contribution in [-0.2, 0) is 9.53 Å². The van der Waals surface area contributed by atoms with Gasteiger partial charge in [0.15, 0.2) is 0 Å². The number of nitrogens with two attached hydrogens (primary N) is 1. The summed E-state index contributed by atoms with van der Waals surface area (Å²) in [6, 6.07) is -0.460. The average Bonchev–Trinajstić information content (AvgIpc) is 2.17. The molecule has 0 heterocycles. The molecule has 0 aliphatic carbocycles. The number of carbonyl (C=O) groups is 1. The molecule has 5 nitrogen and oxygen atoms in total. The van der Waals surface area contributed by atoms with Crippen molar-refractivity contribution in [2.45, 2.75) is 19.4 Å². The van der Waals surface area contributed by atoms with Crippen LogP contribution in [0.2, 0.25) is 0 Å². The molecule has 0 fully saturated rings. The molecule has 84 valence electrons. The van der Waals surface area contributed by atoms with Crippen molar-refractivity contribution in [3.8, 4) is 0 Å². The molecule has 0 spiro atoms. The standard InChI is InChI=1S/C10H17N3O2/c1-4-15-10(14)5-9(11)8(6-12-2)7-13-3/h6-7,9H,2,4-5,11H2,1,3H3/b8-6+,13-7-/t9-/m0/s1. The molecule has 0 aliphatic heterocycles. The van der Waals surface area contributed by atoms with Crippen molar-refractivity contribution in [1.82, 2.24) is 0 Å². The predicted octanol–water partition coefficient (Wildman–Crippen LogP) is 0.552. The van der Waals surface area contributed by atoms with Crippen molar-refractivity contribution in [1.29, 1.82) is 0 Å². The molecular weight excluding hydrogens is 194 g/mol. The van der Waals surface area contributed by atoms with Gasteiger partial charge in [-0.1, -0.05) is 0 Å². The Hall–Kier alpha value is -1.49. The smallest absolute Gasteiger partial charge is 0.307 e. The Bertz CT molecular complexity index is 272. The molecular formula is C10H17N3O2. The number of nitrogens with zero attached hydrogens (tertiary/aromatic N) is 2. The minimum absolute atomic E-state index is 0.112. The summed E-state index contributed by atoms with van der Waals surface area (Å²) in [4.78, 5) is 18.6. The molecule has 0 aromatic carbocycles. The lowest BCUT2D eigenvalue weighted by Crippen LogP contribution is -2.27. The largest absolute Gasteiger partial charge is 0.466 e. The Morgan fingerprint density at radius 3 is 2.80 bits per heavy atom. The summed E-state index contributed by atoms with van der Waals surface area (Å²) in [7, 11) is 1.62. The fourth-order valence-corrected chi connectivity index (χ4v) is 0.997. The van der Waals surface area contributed by atoms with Crippen molar-refractivity contribution in [2.24, 2.45) is 15.7 Å². The van der Waals surface area contributed by atoms with E-state index in [1.807, 2.05) is 0 Å². The molecule has 5 heteroatoms. The first kappa shape index (κ1) is 13.5. The van der Waals surface area contributed by atoms with Crippen LogP contribution in [0.3, 0.4) is 0 Å². The molecule has 0 unspecified atom stereocenters. The van der Waals surface area contributed by atoms with Crippen molar-refractivity contribution in [3.05, 3.63) is 11.8 Å². The first-order chi connectivity index (χ1) is 7.15. The van der Waals surface area contributed by atoms with Gasteiger partial charge in [0, 0.05) is 31.1 Å². The molecule has 0 amide bonds. The molecule has 0 bridgehead atoms. The average molecular weight is 211 g/mol. The first-order valence-corrected chi connectivity index (χ1v) is 4.65. The molecule has 0 aliphatic rings. The third-order valence-corrected chi connectivity index (χ3v) is 1.64.